The van der Waals surface area contributed by atoms with E-state index in [9.17, 15) is 0 Å². The minimum atomic E-state index is -1.39. The van der Waals surface area contributed by atoms with E-state index in [-0.39, 0.29) is 6.61 Å². The van der Waals surface area contributed by atoms with E-state index in [2.05, 4.69) is 4.29 Å². The molecule has 7 heavy (non-hydrogen) atoms. The monoisotopic (exact) mass is 182 g/mol. The molecule has 0 N–H and O–H groups in total. The number of hydrogen-bond acceptors (Lipinski definition) is 1. The first-order valence-electron chi connectivity index (χ1n) is 1.36. The second kappa shape index (κ2) is 3.21. The van der Waals surface area contributed by atoms with Gasteiger partial charge in [-0.2, -0.15) is 0 Å². The Balaban J connectivity index is 3.15. The lowest BCUT2D eigenvalue weighted by Crippen LogP contribution is -2.08. The average Bonchev–Trinajstić information content (AvgIpc) is 1.30. The highest BCUT2D eigenvalue weighted by molar-refractivity contribution is 6.67. The molecule has 0 saturated carbocycles. The highest BCUT2D eigenvalue weighted by Crippen LogP contribution is 2.26. The minimum Gasteiger partial charge on any atom is -0.275 e. The van der Waals surface area contributed by atoms with Crippen LogP contribution in [0.3, 0.4) is 0 Å². The maximum absolute atomic E-state index is 5.15. The summed E-state index contributed by atoms with van der Waals surface area (Å²) in [5, 5.41) is 0. The molecule has 0 radical (unpaired) electrons. The maximum atomic E-state index is 5.15. The van der Waals surface area contributed by atoms with Crippen molar-refractivity contribution in [1.82, 2.24) is 0 Å². The molecule has 0 aromatic heterocycles. The normalized spacial score (nSPS) is 12.0. The zero-order chi connectivity index (χ0) is 5.91. The first kappa shape index (κ1) is 8.12. The molecule has 5 heteroatoms. The van der Waals surface area contributed by atoms with Crippen molar-refractivity contribution in [2.45, 2.75) is 3.79 Å². The molecule has 0 aromatic carbocycles. The third-order valence-electron chi connectivity index (χ3n) is 0.218. The largest absolute Gasteiger partial charge is 0.275 e. The van der Waals surface area contributed by atoms with Crippen LogP contribution in [0.2, 0.25) is 0 Å². The highest BCUT2D eigenvalue weighted by atomic mass is 35.6. The van der Waals surface area contributed by atoms with Gasteiger partial charge in [0.15, 0.2) is 0 Å². The Morgan fingerprint density at radius 1 is 1.29 bits per heavy atom. The predicted octanol–water partition coefficient (Wildman–Crippen LogP) is 2.53. The summed E-state index contributed by atoms with van der Waals surface area (Å²) in [5.41, 5.74) is 0. The van der Waals surface area contributed by atoms with Crippen LogP contribution in [0.25, 0.3) is 0 Å². The van der Waals surface area contributed by atoms with E-state index in [0.29, 0.717) is 0 Å². The van der Waals surface area contributed by atoms with Crippen molar-refractivity contribution in [2.24, 2.45) is 0 Å². The highest BCUT2D eigenvalue weighted by Gasteiger charge is 2.18. The van der Waals surface area contributed by atoms with Gasteiger partial charge in [0.2, 0.25) is 3.79 Å². The van der Waals surface area contributed by atoms with E-state index in [0.717, 1.165) is 0 Å². The van der Waals surface area contributed by atoms with Gasteiger partial charge in [0.25, 0.3) is 0 Å². The molecule has 0 aromatic rings. The van der Waals surface area contributed by atoms with Crippen molar-refractivity contribution in [3.05, 3.63) is 0 Å². The van der Waals surface area contributed by atoms with Gasteiger partial charge in [-0.15, -0.1) is 0 Å². The van der Waals surface area contributed by atoms with E-state index >= 15 is 0 Å². The second-order valence-electron chi connectivity index (χ2n) is 0.869. The fourth-order valence-electron chi connectivity index (χ4n) is 0.0619. The predicted molar refractivity (Wildman–Crippen MR) is 32.1 cm³/mol. The third kappa shape index (κ3) is 7.12. The average molecular weight is 184 g/mol. The van der Waals surface area contributed by atoms with E-state index in [4.69, 9.17) is 46.7 Å². The smallest absolute Gasteiger partial charge is 0.215 e. The van der Waals surface area contributed by atoms with Crippen LogP contribution in [-0.4, -0.2) is 10.4 Å². The van der Waals surface area contributed by atoms with Gasteiger partial charge < -0.3 is 0 Å². The molecule has 0 amide bonds. The van der Waals surface area contributed by atoms with Gasteiger partial charge in [0.1, 0.15) is 6.61 Å². The van der Waals surface area contributed by atoms with Gasteiger partial charge in [-0.05, 0) is 0 Å². The van der Waals surface area contributed by atoms with Crippen LogP contribution in [0.15, 0.2) is 0 Å². The third-order valence-corrected chi connectivity index (χ3v) is 0.655. The standard InChI is InChI=1S/C2H2Cl4O/c3-2(4,5)1-7-6/h1H2. The van der Waals surface area contributed by atoms with E-state index in [1.807, 2.05) is 0 Å². The molecular weight excluding hydrogens is 182 g/mol. The Morgan fingerprint density at radius 3 is 1.71 bits per heavy atom. The van der Waals surface area contributed by atoms with Gasteiger partial charge in [-0.3, -0.25) is 4.29 Å². The van der Waals surface area contributed by atoms with Crippen molar-refractivity contribution >= 4 is 46.7 Å². The summed E-state index contributed by atoms with van der Waals surface area (Å²) in [7, 11) is 0. The van der Waals surface area contributed by atoms with Crippen molar-refractivity contribution in [2.75, 3.05) is 6.61 Å². The molecule has 0 rings (SSSR count). The minimum absolute atomic E-state index is 0.0980. The molecule has 0 bridgehead atoms. The summed E-state index contributed by atoms with van der Waals surface area (Å²) < 4.78 is 2.60. The number of hydrogen-bond donors (Lipinski definition) is 0. The van der Waals surface area contributed by atoms with Crippen LogP contribution in [0.4, 0.5) is 0 Å². The Bertz CT molecular complexity index is 48.1. The lowest BCUT2D eigenvalue weighted by Gasteiger charge is -2.04. The van der Waals surface area contributed by atoms with Gasteiger partial charge in [0.05, 0.1) is 11.9 Å². The van der Waals surface area contributed by atoms with E-state index in [1.165, 1.54) is 0 Å². The van der Waals surface area contributed by atoms with Crippen molar-refractivity contribution in [3.63, 3.8) is 0 Å². The first-order valence-corrected chi connectivity index (χ1v) is 2.81. The molecule has 1 nitrogen and oxygen atoms in total. The van der Waals surface area contributed by atoms with Crippen molar-refractivity contribution in [3.8, 4) is 0 Å². The molecule has 0 atom stereocenters. The summed E-state index contributed by atoms with van der Waals surface area (Å²) in [6.45, 7) is -0.0980. The molecule has 0 saturated heterocycles. The van der Waals surface area contributed by atoms with Crippen LogP contribution >= 0.6 is 46.7 Å². The summed E-state index contributed by atoms with van der Waals surface area (Å²) in [5.74, 6) is 0. The van der Waals surface area contributed by atoms with Gasteiger partial charge in [0, 0.05) is 0 Å². The fraction of sp³-hybridized carbons (Fsp3) is 1.00. The zero-order valence-electron chi connectivity index (χ0n) is 3.13. The molecule has 0 spiro atoms. The topological polar surface area (TPSA) is 9.23 Å². The van der Waals surface area contributed by atoms with Crippen LogP contribution in [-0.2, 0) is 4.29 Å². The fourth-order valence-corrected chi connectivity index (χ4v) is 0.557. The number of rotatable bonds is 1. The van der Waals surface area contributed by atoms with Gasteiger partial charge in [-0.25, -0.2) is 0 Å². The first-order chi connectivity index (χ1) is 3.06. The summed E-state index contributed by atoms with van der Waals surface area (Å²) in [6.07, 6.45) is 0. The molecule has 0 aliphatic carbocycles. The molecule has 0 heterocycles. The van der Waals surface area contributed by atoms with Crippen molar-refractivity contribution < 1.29 is 4.29 Å². The van der Waals surface area contributed by atoms with E-state index < -0.39 is 3.79 Å². The molecule has 44 valence electrons. The Labute approximate surface area is 61.6 Å². The Hall–Kier alpha value is 1.12. The molecule has 0 aliphatic heterocycles. The maximum Gasteiger partial charge on any atom is 0.215 e. The van der Waals surface area contributed by atoms with Gasteiger partial charge >= 0.3 is 0 Å². The number of halogens is 4. The Morgan fingerprint density at radius 2 is 1.71 bits per heavy atom. The van der Waals surface area contributed by atoms with Crippen LogP contribution in [0.1, 0.15) is 0 Å². The zero-order valence-corrected chi connectivity index (χ0v) is 6.15. The lowest BCUT2D eigenvalue weighted by molar-refractivity contribution is 0.361. The van der Waals surface area contributed by atoms with Gasteiger partial charge in [-0.1, -0.05) is 34.8 Å². The molecule has 0 aliphatic rings. The molecular formula is C2H2Cl4O. The second-order valence-corrected chi connectivity index (χ2v) is 3.60. The summed E-state index contributed by atoms with van der Waals surface area (Å²) in [6, 6.07) is 0. The van der Waals surface area contributed by atoms with Crippen LogP contribution in [0.5, 0.6) is 0 Å². The lowest BCUT2D eigenvalue weighted by atomic mass is 10.9. The quantitative estimate of drug-likeness (QED) is 0.568. The van der Waals surface area contributed by atoms with Crippen LogP contribution < -0.4 is 0 Å². The number of alkyl halides is 3. The van der Waals surface area contributed by atoms with Crippen molar-refractivity contribution in [1.29, 1.82) is 0 Å². The Kier molecular flexibility index (Phi) is 3.72. The molecule has 0 fully saturated rings. The summed E-state index contributed by atoms with van der Waals surface area (Å²) >= 11 is 20.2. The van der Waals surface area contributed by atoms with E-state index in [1.54, 1.807) is 0 Å². The molecule has 0 unspecified atom stereocenters. The summed E-state index contributed by atoms with van der Waals surface area (Å²) in [4.78, 5) is 0. The SMILES string of the molecule is ClOCC(Cl)(Cl)Cl. The van der Waals surface area contributed by atoms with Crippen LogP contribution in [0, 0.1) is 0 Å².